The van der Waals surface area contributed by atoms with Crippen LogP contribution in [0.5, 0.6) is 11.5 Å². The van der Waals surface area contributed by atoms with Crippen LogP contribution in [-0.2, 0) is 9.47 Å². The van der Waals surface area contributed by atoms with Gasteiger partial charge in [0.25, 0.3) is 0 Å². The van der Waals surface area contributed by atoms with E-state index in [2.05, 4.69) is 0 Å². The molecule has 1 aromatic carbocycles. The number of rotatable bonds is 4. The molecule has 2 heterocycles. The van der Waals surface area contributed by atoms with E-state index in [1.807, 2.05) is 0 Å². The lowest BCUT2D eigenvalue weighted by atomic mass is 9.87. The summed E-state index contributed by atoms with van der Waals surface area (Å²) in [5, 5.41) is 79.7. The summed E-state index contributed by atoms with van der Waals surface area (Å²) >= 11 is 0. The van der Waals surface area contributed by atoms with Crippen molar-refractivity contribution in [2.75, 3.05) is 6.61 Å². The molecule has 10 nitrogen and oxygen atoms in total. The standard InChI is InChI=1S/C22H24O10/c23-8-18-20(29)21(30)19(28)17(31-18)5-10-3-12-14(26)6-11(24)7-16(12)32-22(10)9-1-2-13(25)15(27)4-9/h1-4,6-7,16-21,23-30H,5,8H2. The zero-order valence-electron chi connectivity index (χ0n) is 16.7. The van der Waals surface area contributed by atoms with Crippen LogP contribution < -0.4 is 0 Å². The van der Waals surface area contributed by atoms with Gasteiger partial charge in [-0.25, -0.2) is 0 Å². The highest BCUT2D eigenvalue weighted by molar-refractivity contribution is 5.71. The molecule has 6 unspecified atom stereocenters. The molecule has 0 radical (unpaired) electrons. The lowest BCUT2D eigenvalue weighted by Gasteiger charge is -2.41. The van der Waals surface area contributed by atoms with E-state index in [0.29, 0.717) is 16.7 Å². The number of phenolic OH excluding ortho intramolecular Hbond substituents is 2. The van der Waals surface area contributed by atoms with Crippen LogP contribution in [-0.4, -0.2) is 84.1 Å². The average molecular weight is 448 g/mol. The van der Waals surface area contributed by atoms with Crippen molar-refractivity contribution in [2.24, 2.45) is 0 Å². The van der Waals surface area contributed by atoms with E-state index in [4.69, 9.17) is 9.47 Å². The Hall–Kier alpha value is -3.02. The Balaban J connectivity index is 1.76. The maximum atomic E-state index is 10.4. The Bertz CT molecular complexity index is 1020. The summed E-state index contributed by atoms with van der Waals surface area (Å²) in [4.78, 5) is 0. The van der Waals surface area contributed by atoms with Crippen molar-refractivity contribution in [3.63, 3.8) is 0 Å². The quantitative estimate of drug-likeness (QED) is 0.298. The van der Waals surface area contributed by atoms with Crippen molar-refractivity contribution in [1.29, 1.82) is 0 Å². The maximum absolute atomic E-state index is 10.4. The Morgan fingerprint density at radius 2 is 1.56 bits per heavy atom. The highest BCUT2D eigenvalue weighted by atomic mass is 16.5. The van der Waals surface area contributed by atoms with Crippen molar-refractivity contribution in [1.82, 2.24) is 0 Å². The molecule has 0 bridgehead atoms. The average Bonchev–Trinajstić information content (AvgIpc) is 2.76. The Labute approximate surface area is 182 Å². The van der Waals surface area contributed by atoms with Gasteiger partial charge >= 0.3 is 0 Å². The van der Waals surface area contributed by atoms with E-state index in [1.54, 1.807) is 6.08 Å². The van der Waals surface area contributed by atoms with Gasteiger partial charge in [-0.3, -0.25) is 0 Å². The van der Waals surface area contributed by atoms with Crippen LogP contribution in [0.2, 0.25) is 0 Å². The van der Waals surface area contributed by atoms with Crippen molar-refractivity contribution >= 4 is 5.76 Å². The van der Waals surface area contributed by atoms with Crippen LogP contribution in [0.4, 0.5) is 0 Å². The Morgan fingerprint density at radius 3 is 2.25 bits per heavy atom. The molecule has 6 atom stereocenters. The molecule has 10 heteroatoms. The van der Waals surface area contributed by atoms with E-state index < -0.39 is 49.0 Å². The molecule has 8 N–H and O–H groups in total. The summed E-state index contributed by atoms with van der Waals surface area (Å²) in [6.07, 6.45) is -3.48. The SMILES string of the molecule is OCC1OC(CC2=C(c3ccc(O)c(O)c3)OC3C=C(O)C=C(O)C3=C2)C(O)C(O)C1O. The lowest BCUT2D eigenvalue weighted by Crippen LogP contribution is -2.58. The molecule has 0 spiro atoms. The summed E-state index contributed by atoms with van der Waals surface area (Å²) in [5.41, 5.74) is 1.09. The molecule has 0 aromatic heterocycles. The molecule has 0 amide bonds. The monoisotopic (exact) mass is 448 g/mol. The maximum Gasteiger partial charge on any atom is 0.158 e. The van der Waals surface area contributed by atoms with Crippen LogP contribution in [0.1, 0.15) is 12.0 Å². The molecule has 172 valence electrons. The number of fused-ring (bicyclic) bond motifs is 1. The summed E-state index contributed by atoms with van der Waals surface area (Å²) < 4.78 is 11.6. The van der Waals surface area contributed by atoms with Crippen LogP contribution in [0.15, 0.2) is 59.1 Å². The lowest BCUT2D eigenvalue weighted by molar-refractivity contribution is -0.228. The van der Waals surface area contributed by atoms with Crippen LogP contribution in [0.25, 0.3) is 5.76 Å². The highest BCUT2D eigenvalue weighted by Crippen LogP contribution is 2.40. The fraction of sp³-hybridized carbons (Fsp3) is 0.364. The Morgan fingerprint density at radius 1 is 0.844 bits per heavy atom. The molecule has 3 aliphatic rings. The third-order valence-electron chi connectivity index (χ3n) is 5.73. The number of hydrogen-bond acceptors (Lipinski definition) is 10. The highest BCUT2D eigenvalue weighted by Gasteiger charge is 2.44. The molecule has 1 aromatic rings. The molecular weight excluding hydrogens is 424 g/mol. The number of benzene rings is 1. The van der Waals surface area contributed by atoms with Gasteiger partial charge in [0.15, 0.2) is 11.5 Å². The second kappa shape index (κ2) is 8.49. The largest absolute Gasteiger partial charge is 0.508 e. The number of phenols is 2. The van der Waals surface area contributed by atoms with Gasteiger partial charge in [0.05, 0.1) is 12.7 Å². The molecule has 0 saturated carbocycles. The number of aromatic hydroxyl groups is 2. The second-order valence-corrected chi connectivity index (χ2v) is 7.89. The molecule has 32 heavy (non-hydrogen) atoms. The number of hydrogen-bond donors (Lipinski definition) is 8. The second-order valence-electron chi connectivity index (χ2n) is 7.89. The van der Waals surface area contributed by atoms with Crippen LogP contribution >= 0.6 is 0 Å². The predicted molar refractivity (Wildman–Crippen MR) is 109 cm³/mol. The van der Waals surface area contributed by atoms with Crippen molar-refractivity contribution in [3.8, 4) is 11.5 Å². The number of ether oxygens (including phenoxy) is 2. The molecule has 4 rings (SSSR count). The van der Waals surface area contributed by atoms with Gasteiger partial charge in [-0.05, 0) is 29.8 Å². The van der Waals surface area contributed by atoms with E-state index in [9.17, 15) is 40.9 Å². The van der Waals surface area contributed by atoms with Crippen molar-refractivity contribution in [2.45, 2.75) is 43.0 Å². The van der Waals surface area contributed by atoms with Gasteiger partial charge in [0.2, 0.25) is 0 Å². The van der Waals surface area contributed by atoms with E-state index in [1.165, 1.54) is 24.3 Å². The zero-order chi connectivity index (χ0) is 23.2. The zero-order valence-corrected chi connectivity index (χ0v) is 16.7. The third kappa shape index (κ3) is 3.94. The number of allylic oxidation sites excluding steroid dienone is 2. The summed E-state index contributed by atoms with van der Waals surface area (Å²) in [7, 11) is 0. The fourth-order valence-electron chi connectivity index (χ4n) is 4.01. The smallest absolute Gasteiger partial charge is 0.158 e. The summed E-state index contributed by atoms with van der Waals surface area (Å²) in [6.45, 7) is -0.577. The summed E-state index contributed by atoms with van der Waals surface area (Å²) in [6, 6.07) is 4.01. The van der Waals surface area contributed by atoms with E-state index >= 15 is 0 Å². The first kappa shape index (κ1) is 22.2. The topological polar surface area (TPSA) is 180 Å². The number of aliphatic hydroxyl groups is 6. The molecule has 1 saturated heterocycles. The van der Waals surface area contributed by atoms with E-state index in [-0.39, 0.29) is 29.4 Å². The van der Waals surface area contributed by atoms with Crippen molar-refractivity contribution in [3.05, 3.63) is 64.7 Å². The minimum Gasteiger partial charge on any atom is -0.508 e. The summed E-state index contributed by atoms with van der Waals surface area (Å²) in [5.74, 6) is -0.952. The van der Waals surface area contributed by atoms with Gasteiger partial charge in [-0.2, -0.15) is 0 Å². The first-order valence-electron chi connectivity index (χ1n) is 9.95. The predicted octanol–water partition coefficient (Wildman–Crippen LogP) is 0.264. The minimum atomic E-state index is -1.56. The molecule has 1 fully saturated rings. The van der Waals surface area contributed by atoms with Crippen LogP contribution in [0.3, 0.4) is 0 Å². The first-order valence-corrected chi connectivity index (χ1v) is 9.95. The van der Waals surface area contributed by atoms with Gasteiger partial charge in [-0.1, -0.05) is 0 Å². The van der Waals surface area contributed by atoms with Gasteiger partial charge in [0, 0.05) is 29.7 Å². The molecular formula is C22H24O10. The van der Waals surface area contributed by atoms with Crippen molar-refractivity contribution < 1.29 is 50.3 Å². The van der Waals surface area contributed by atoms with E-state index in [0.717, 1.165) is 6.08 Å². The first-order chi connectivity index (χ1) is 15.2. The van der Waals surface area contributed by atoms with Crippen LogP contribution in [0, 0.1) is 0 Å². The molecule has 1 aliphatic carbocycles. The fourth-order valence-corrected chi connectivity index (χ4v) is 4.01. The minimum absolute atomic E-state index is 0.0579. The van der Waals surface area contributed by atoms with Gasteiger partial charge in [0.1, 0.15) is 47.8 Å². The molecule has 2 aliphatic heterocycles. The Kier molecular flexibility index (Phi) is 5.89. The third-order valence-corrected chi connectivity index (χ3v) is 5.73. The van der Waals surface area contributed by atoms with Gasteiger partial charge in [-0.15, -0.1) is 0 Å². The van der Waals surface area contributed by atoms with Gasteiger partial charge < -0.3 is 50.3 Å². The normalized spacial score (nSPS) is 32.4. The number of aliphatic hydroxyl groups excluding tert-OH is 6.